The molecule has 0 aromatic heterocycles. The van der Waals surface area contributed by atoms with Crippen molar-refractivity contribution < 1.29 is 24.5 Å². The Morgan fingerprint density at radius 3 is 2.27 bits per heavy atom. The van der Waals surface area contributed by atoms with Crippen LogP contribution in [0.4, 0.5) is 0 Å². The van der Waals surface area contributed by atoms with E-state index in [9.17, 15) is 9.59 Å². The fourth-order valence-electron chi connectivity index (χ4n) is 0.419. The number of esters is 1. The SMILES string of the molecule is COC(=O)[C@@H](N)C(O)C(=O)O. The monoisotopic (exact) mass is 163 g/mol. The van der Waals surface area contributed by atoms with Gasteiger partial charge >= 0.3 is 11.9 Å². The molecule has 0 heterocycles. The largest absolute Gasteiger partial charge is 0.479 e. The van der Waals surface area contributed by atoms with E-state index in [1.54, 1.807) is 0 Å². The molecular formula is C5H9NO5. The second kappa shape index (κ2) is 3.89. The number of carbonyl (C=O) groups excluding carboxylic acids is 1. The van der Waals surface area contributed by atoms with Gasteiger partial charge in [0.05, 0.1) is 7.11 Å². The van der Waals surface area contributed by atoms with E-state index in [0.717, 1.165) is 7.11 Å². The Balaban J connectivity index is 4.12. The maximum absolute atomic E-state index is 10.5. The number of aliphatic carboxylic acids is 1. The van der Waals surface area contributed by atoms with Gasteiger partial charge in [0.1, 0.15) is 6.04 Å². The summed E-state index contributed by atoms with van der Waals surface area (Å²) in [5.41, 5.74) is 4.97. The van der Waals surface area contributed by atoms with Crippen LogP contribution in [0.25, 0.3) is 0 Å². The molecule has 1 unspecified atom stereocenters. The first-order valence-corrected chi connectivity index (χ1v) is 2.75. The molecule has 11 heavy (non-hydrogen) atoms. The van der Waals surface area contributed by atoms with Gasteiger partial charge in [0, 0.05) is 0 Å². The van der Waals surface area contributed by atoms with Crippen LogP contribution in [0.15, 0.2) is 0 Å². The highest BCUT2D eigenvalue weighted by Gasteiger charge is 2.28. The summed E-state index contributed by atoms with van der Waals surface area (Å²) in [5, 5.41) is 16.8. The Kier molecular flexibility index (Phi) is 3.49. The zero-order chi connectivity index (χ0) is 9.02. The lowest BCUT2D eigenvalue weighted by molar-refractivity contribution is -0.156. The van der Waals surface area contributed by atoms with Crippen molar-refractivity contribution in [3.63, 3.8) is 0 Å². The maximum Gasteiger partial charge on any atom is 0.334 e. The van der Waals surface area contributed by atoms with Crippen molar-refractivity contribution >= 4 is 11.9 Å². The predicted octanol–water partition coefficient (Wildman–Crippen LogP) is -2.07. The third kappa shape index (κ3) is 2.52. The molecule has 0 saturated carbocycles. The Bertz CT molecular complexity index is 168. The van der Waals surface area contributed by atoms with Crippen molar-refractivity contribution in [2.24, 2.45) is 5.73 Å². The molecule has 2 atom stereocenters. The molecule has 0 rings (SSSR count). The summed E-state index contributed by atoms with van der Waals surface area (Å²) in [4.78, 5) is 20.5. The van der Waals surface area contributed by atoms with Crippen molar-refractivity contribution in [1.82, 2.24) is 0 Å². The number of carbonyl (C=O) groups is 2. The molecule has 0 amide bonds. The van der Waals surface area contributed by atoms with Gasteiger partial charge in [-0.05, 0) is 0 Å². The average Bonchev–Trinajstić information content (AvgIpc) is 2.00. The van der Waals surface area contributed by atoms with Gasteiger partial charge in [-0.15, -0.1) is 0 Å². The first-order chi connectivity index (χ1) is 5.00. The van der Waals surface area contributed by atoms with Crippen molar-refractivity contribution in [3.05, 3.63) is 0 Å². The number of carboxylic acid groups (broad SMARTS) is 1. The highest BCUT2D eigenvalue weighted by Crippen LogP contribution is 1.92. The van der Waals surface area contributed by atoms with Gasteiger partial charge < -0.3 is 20.7 Å². The number of hydrogen-bond acceptors (Lipinski definition) is 5. The van der Waals surface area contributed by atoms with E-state index in [4.69, 9.17) is 15.9 Å². The Morgan fingerprint density at radius 1 is 1.55 bits per heavy atom. The van der Waals surface area contributed by atoms with Crippen molar-refractivity contribution in [1.29, 1.82) is 0 Å². The summed E-state index contributed by atoms with van der Waals surface area (Å²) in [6.07, 6.45) is -1.91. The van der Waals surface area contributed by atoms with Crippen LogP contribution in [0.5, 0.6) is 0 Å². The number of rotatable bonds is 3. The van der Waals surface area contributed by atoms with Gasteiger partial charge in [0.15, 0.2) is 6.10 Å². The number of aliphatic hydroxyl groups excluding tert-OH is 1. The third-order valence-corrected chi connectivity index (χ3v) is 1.07. The van der Waals surface area contributed by atoms with Gasteiger partial charge in [-0.25, -0.2) is 4.79 Å². The number of aliphatic hydroxyl groups is 1. The molecule has 6 nitrogen and oxygen atoms in total. The molecule has 0 spiro atoms. The summed E-state index contributed by atoms with van der Waals surface area (Å²) in [6, 6.07) is -1.53. The molecule has 0 aliphatic heterocycles. The third-order valence-electron chi connectivity index (χ3n) is 1.07. The molecule has 0 fully saturated rings. The number of hydrogen-bond donors (Lipinski definition) is 3. The molecule has 0 aliphatic carbocycles. The second-order valence-electron chi connectivity index (χ2n) is 1.83. The molecule has 0 aromatic rings. The zero-order valence-corrected chi connectivity index (χ0v) is 5.85. The van der Waals surface area contributed by atoms with Crippen molar-refractivity contribution in [2.75, 3.05) is 7.11 Å². The molecule has 0 radical (unpaired) electrons. The molecule has 0 aliphatic rings. The fourth-order valence-corrected chi connectivity index (χ4v) is 0.419. The maximum atomic E-state index is 10.5. The van der Waals surface area contributed by atoms with Crippen LogP contribution in [0.3, 0.4) is 0 Å². The van der Waals surface area contributed by atoms with E-state index in [0.29, 0.717) is 0 Å². The normalized spacial score (nSPS) is 15.2. The standard InChI is InChI=1S/C5H9NO5/c1-11-5(10)2(6)3(7)4(8)9/h2-3,7H,6H2,1H3,(H,8,9)/t2-,3?/m0/s1. The molecule has 0 saturated heterocycles. The lowest BCUT2D eigenvalue weighted by atomic mass is 10.2. The lowest BCUT2D eigenvalue weighted by Crippen LogP contribution is -2.46. The van der Waals surface area contributed by atoms with E-state index in [2.05, 4.69) is 4.74 Å². The zero-order valence-electron chi connectivity index (χ0n) is 5.85. The van der Waals surface area contributed by atoms with Crippen LogP contribution in [0, 0.1) is 0 Å². The van der Waals surface area contributed by atoms with Crippen molar-refractivity contribution in [2.45, 2.75) is 12.1 Å². The van der Waals surface area contributed by atoms with Crippen LogP contribution in [0.2, 0.25) is 0 Å². The van der Waals surface area contributed by atoms with Gasteiger partial charge in [0.25, 0.3) is 0 Å². The van der Waals surface area contributed by atoms with E-state index < -0.39 is 24.1 Å². The van der Waals surface area contributed by atoms with E-state index in [-0.39, 0.29) is 0 Å². The number of ether oxygens (including phenoxy) is 1. The minimum atomic E-state index is -1.91. The molecule has 6 heteroatoms. The minimum Gasteiger partial charge on any atom is -0.479 e. The summed E-state index contributed by atoms with van der Waals surface area (Å²) < 4.78 is 4.10. The van der Waals surface area contributed by atoms with Gasteiger partial charge in [-0.1, -0.05) is 0 Å². The van der Waals surface area contributed by atoms with Crippen LogP contribution < -0.4 is 5.73 Å². The Labute approximate surface area is 62.6 Å². The number of carboxylic acids is 1. The summed E-state index contributed by atoms with van der Waals surface area (Å²) in [6.45, 7) is 0. The van der Waals surface area contributed by atoms with Crippen LogP contribution in [-0.2, 0) is 14.3 Å². The topological polar surface area (TPSA) is 110 Å². The Morgan fingerprint density at radius 2 is 2.00 bits per heavy atom. The van der Waals surface area contributed by atoms with E-state index in [1.807, 2.05) is 0 Å². The number of nitrogens with two attached hydrogens (primary N) is 1. The predicted molar refractivity (Wildman–Crippen MR) is 33.6 cm³/mol. The van der Waals surface area contributed by atoms with Gasteiger partial charge in [-0.2, -0.15) is 0 Å². The highest BCUT2D eigenvalue weighted by molar-refractivity contribution is 5.84. The lowest BCUT2D eigenvalue weighted by Gasteiger charge is -2.11. The van der Waals surface area contributed by atoms with E-state index in [1.165, 1.54) is 0 Å². The van der Waals surface area contributed by atoms with Gasteiger partial charge in [0.2, 0.25) is 0 Å². The molecule has 0 bridgehead atoms. The highest BCUT2D eigenvalue weighted by atomic mass is 16.5. The first-order valence-electron chi connectivity index (χ1n) is 2.75. The smallest absolute Gasteiger partial charge is 0.334 e. The van der Waals surface area contributed by atoms with Gasteiger partial charge in [-0.3, -0.25) is 4.79 Å². The summed E-state index contributed by atoms with van der Waals surface area (Å²) in [7, 11) is 1.05. The first kappa shape index (κ1) is 9.86. The van der Waals surface area contributed by atoms with Crippen LogP contribution in [0.1, 0.15) is 0 Å². The average molecular weight is 163 g/mol. The van der Waals surface area contributed by atoms with Crippen LogP contribution >= 0.6 is 0 Å². The Hall–Kier alpha value is -1.14. The second-order valence-corrected chi connectivity index (χ2v) is 1.83. The number of methoxy groups -OCH3 is 1. The van der Waals surface area contributed by atoms with Crippen LogP contribution in [-0.4, -0.2) is 41.4 Å². The minimum absolute atomic E-state index is 0.958. The molecular weight excluding hydrogens is 154 g/mol. The molecule has 4 N–H and O–H groups in total. The summed E-state index contributed by atoms with van der Waals surface area (Å²) >= 11 is 0. The molecule has 64 valence electrons. The molecule has 0 aromatic carbocycles. The quantitative estimate of drug-likeness (QED) is 0.412. The van der Waals surface area contributed by atoms with E-state index >= 15 is 0 Å². The summed E-state index contributed by atoms with van der Waals surface area (Å²) in [5.74, 6) is -2.51. The van der Waals surface area contributed by atoms with Crippen molar-refractivity contribution in [3.8, 4) is 0 Å². The fraction of sp³-hybridized carbons (Fsp3) is 0.600.